The second-order valence-corrected chi connectivity index (χ2v) is 7.09. The summed E-state index contributed by atoms with van der Waals surface area (Å²) in [6.07, 6.45) is 3.90. The zero-order valence-electron chi connectivity index (χ0n) is 16.8. The van der Waals surface area contributed by atoms with Gasteiger partial charge >= 0.3 is 5.97 Å². The van der Waals surface area contributed by atoms with Crippen molar-refractivity contribution in [2.75, 3.05) is 14.2 Å². The summed E-state index contributed by atoms with van der Waals surface area (Å²) in [4.78, 5) is 16.6. The predicted molar refractivity (Wildman–Crippen MR) is 107 cm³/mol. The van der Waals surface area contributed by atoms with Gasteiger partial charge in [-0.15, -0.1) is 5.73 Å². The van der Waals surface area contributed by atoms with Crippen LogP contribution in [-0.2, 0) is 14.3 Å². The highest BCUT2D eigenvalue weighted by atomic mass is 19.3. The van der Waals surface area contributed by atoms with Crippen molar-refractivity contribution in [1.82, 2.24) is 0 Å². The van der Waals surface area contributed by atoms with E-state index < -0.39 is 17.7 Å². The molecule has 1 fully saturated rings. The second kappa shape index (κ2) is 9.18. The molecule has 0 bridgehead atoms. The fourth-order valence-electron chi connectivity index (χ4n) is 3.37. The minimum atomic E-state index is -2.67. The fraction of sp³-hybridized carbons (Fsp3) is 0.348. The van der Waals surface area contributed by atoms with Gasteiger partial charge in [0.1, 0.15) is 11.4 Å². The summed E-state index contributed by atoms with van der Waals surface area (Å²) >= 11 is 0. The Bertz CT molecular complexity index is 981. The van der Waals surface area contributed by atoms with E-state index in [0.29, 0.717) is 29.7 Å². The Kier molecular flexibility index (Phi) is 6.63. The third-order valence-corrected chi connectivity index (χ3v) is 4.99. The molecule has 2 aliphatic rings. The lowest BCUT2D eigenvalue weighted by molar-refractivity contribution is -0.135. The van der Waals surface area contributed by atoms with Crippen molar-refractivity contribution in [3.8, 4) is 0 Å². The van der Waals surface area contributed by atoms with E-state index in [0.717, 1.165) is 5.57 Å². The summed E-state index contributed by atoms with van der Waals surface area (Å²) in [7, 11) is 2.61. The molecule has 0 N–H and O–H groups in total. The number of ether oxygens (including phenoxy) is 2. The summed E-state index contributed by atoms with van der Waals surface area (Å²) in [6.45, 7) is 0. The Hall–Kier alpha value is -3.05. The number of allylic oxidation sites excluding steroid dienone is 2. The van der Waals surface area contributed by atoms with E-state index in [1.54, 1.807) is 18.2 Å². The standard InChI is InChI=1S/C23H22F3NO3/c1-29-21-19(22(28)30-2)10-9-18(16-5-7-17(24)8-6-16)20(27-21)14-15-4-3-12-23(25,26)13-11-15/h5-8,10,14H,3-4,11-13H2,1-2H3. The molecule has 1 aliphatic carbocycles. The maximum atomic E-state index is 13.8. The highest BCUT2D eigenvalue weighted by molar-refractivity contribution is 6.30. The molecule has 1 aromatic carbocycles. The van der Waals surface area contributed by atoms with Crippen LogP contribution in [-0.4, -0.2) is 31.8 Å². The molecule has 1 heterocycles. The Morgan fingerprint density at radius 2 is 1.90 bits per heavy atom. The molecule has 1 aromatic rings. The first-order chi connectivity index (χ1) is 14.3. The van der Waals surface area contributed by atoms with Crippen LogP contribution in [0.3, 0.4) is 0 Å². The third-order valence-electron chi connectivity index (χ3n) is 4.99. The van der Waals surface area contributed by atoms with Gasteiger partial charge in [0, 0.05) is 24.5 Å². The summed E-state index contributed by atoms with van der Waals surface area (Å²) in [5.41, 5.74) is 5.42. The quantitative estimate of drug-likeness (QED) is 0.376. The molecule has 0 unspecified atom stereocenters. The first kappa shape index (κ1) is 21.7. The molecule has 4 nitrogen and oxygen atoms in total. The van der Waals surface area contributed by atoms with Gasteiger partial charge in [-0.2, -0.15) is 0 Å². The Labute approximate surface area is 173 Å². The third kappa shape index (κ3) is 5.10. The van der Waals surface area contributed by atoms with Crippen molar-refractivity contribution in [1.29, 1.82) is 0 Å². The Balaban J connectivity index is 2.11. The molecule has 0 spiro atoms. The van der Waals surface area contributed by atoms with Gasteiger partial charge in [0.15, 0.2) is 0 Å². The molecule has 158 valence electrons. The van der Waals surface area contributed by atoms with Gasteiger partial charge in [-0.25, -0.2) is 23.0 Å². The van der Waals surface area contributed by atoms with Crippen LogP contribution in [0.25, 0.3) is 5.57 Å². The van der Waals surface area contributed by atoms with Crippen molar-refractivity contribution in [2.45, 2.75) is 38.0 Å². The molecule has 1 saturated carbocycles. The van der Waals surface area contributed by atoms with Crippen molar-refractivity contribution in [3.05, 3.63) is 70.6 Å². The van der Waals surface area contributed by atoms with Crippen LogP contribution in [0.2, 0.25) is 0 Å². The van der Waals surface area contributed by atoms with Crippen LogP contribution < -0.4 is 0 Å². The number of alkyl halides is 2. The SMILES string of the molecule is COC(=O)C1=C(OC)N=C(C=C2CCCC(F)(F)CC2)C(c2ccc(F)cc2)=C=C1. The van der Waals surface area contributed by atoms with E-state index in [1.807, 2.05) is 0 Å². The Morgan fingerprint density at radius 1 is 1.17 bits per heavy atom. The van der Waals surface area contributed by atoms with Crippen molar-refractivity contribution < 1.29 is 27.4 Å². The molecule has 30 heavy (non-hydrogen) atoms. The highest BCUT2D eigenvalue weighted by Crippen LogP contribution is 2.35. The lowest BCUT2D eigenvalue weighted by atomic mass is 9.97. The van der Waals surface area contributed by atoms with Crippen LogP contribution >= 0.6 is 0 Å². The summed E-state index contributed by atoms with van der Waals surface area (Å²) in [6, 6.07) is 5.74. The minimum absolute atomic E-state index is 0.0252. The number of halogens is 3. The summed E-state index contributed by atoms with van der Waals surface area (Å²) in [5, 5.41) is 0. The molecule has 3 rings (SSSR count). The van der Waals surface area contributed by atoms with Crippen LogP contribution in [0.4, 0.5) is 13.2 Å². The van der Waals surface area contributed by atoms with Gasteiger partial charge < -0.3 is 9.47 Å². The van der Waals surface area contributed by atoms with Gasteiger partial charge in [-0.05, 0) is 43.0 Å². The molecule has 1 aliphatic heterocycles. The van der Waals surface area contributed by atoms with Gasteiger partial charge in [-0.3, -0.25) is 0 Å². The molecule has 0 radical (unpaired) electrons. The van der Waals surface area contributed by atoms with E-state index >= 15 is 0 Å². The number of hydrogen-bond donors (Lipinski definition) is 0. The van der Waals surface area contributed by atoms with Crippen LogP contribution in [0, 0.1) is 5.82 Å². The molecule has 7 heteroatoms. The first-order valence-corrected chi connectivity index (χ1v) is 9.58. The minimum Gasteiger partial charge on any atom is -0.480 e. The van der Waals surface area contributed by atoms with Crippen molar-refractivity contribution >= 4 is 17.3 Å². The Morgan fingerprint density at radius 3 is 2.57 bits per heavy atom. The number of esters is 1. The van der Waals surface area contributed by atoms with Gasteiger partial charge in [0.2, 0.25) is 11.8 Å². The number of rotatable bonds is 4. The second-order valence-electron chi connectivity index (χ2n) is 7.09. The number of carbonyl (C=O) groups is 1. The monoisotopic (exact) mass is 417 g/mol. The molecule has 0 saturated heterocycles. The summed E-state index contributed by atoms with van der Waals surface area (Å²) < 4.78 is 51.0. The smallest absolute Gasteiger partial charge is 0.344 e. The predicted octanol–water partition coefficient (Wildman–Crippen LogP) is 5.38. The maximum Gasteiger partial charge on any atom is 0.344 e. The molecule has 0 aromatic heterocycles. The average molecular weight is 417 g/mol. The fourth-order valence-corrected chi connectivity index (χ4v) is 3.37. The lowest BCUT2D eigenvalue weighted by Gasteiger charge is -2.12. The normalized spacial score (nSPS) is 20.2. The van der Waals surface area contributed by atoms with Crippen LogP contribution in [0.1, 0.15) is 37.7 Å². The van der Waals surface area contributed by atoms with Crippen LogP contribution in [0.15, 0.2) is 64.2 Å². The largest absolute Gasteiger partial charge is 0.480 e. The number of methoxy groups -OCH3 is 2. The molecular formula is C23H22F3NO3. The number of carbonyl (C=O) groups excluding carboxylic acids is 1. The molecular weight excluding hydrogens is 395 g/mol. The number of hydrogen-bond acceptors (Lipinski definition) is 4. The van der Waals surface area contributed by atoms with Crippen molar-refractivity contribution in [2.24, 2.45) is 4.99 Å². The molecule has 0 amide bonds. The van der Waals surface area contributed by atoms with E-state index in [4.69, 9.17) is 9.47 Å². The number of aliphatic imine (C=N–C) groups is 1. The van der Waals surface area contributed by atoms with Crippen molar-refractivity contribution in [3.63, 3.8) is 0 Å². The first-order valence-electron chi connectivity index (χ1n) is 9.58. The summed E-state index contributed by atoms with van der Waals surface area (Å²) in [5.74, 6) is -3.70. The van der Waals surface area contributed by atoms with Crippen LogP contribution in [0.5, 0.6) is 0 Å². The number of benzene rings is 1. The zero-order valence-corrected chi connectivity index (χ0v) is 16.8. The highest BCUT2D eigenvalue weighted by Gasteiger charge is 2.31. The molecule has 0 atom stereocenters. The lowest BCUT2D eigenvalue weighted by Crippen LogP contribution is -2.13. The zero-order chi connectivity index (χ0) is 21.7. The number of nitrogens with zero attached hydrogens (tertiary/aromatic N) is 1. The van der Waals surface area contributed by atoms with E-state index in [2.05, 4.69) is 10.7 Å². The average Bonchev–Trinajstić information content (AvgIpc) is 3.01. The van der Waals surface area contributed by atoms with E-state index in [-0.39, 0.29) is 30.7 Å². The van der Waals surface area contributed by atoms with Gasteiger partial charge in [-0.1, -0.05) is 17.7 Å². The maximum absolute atomic E-state index is 13.8. The van der Waals surface area contributed by atoms with Gasteiger partial charge in [0.25, 0.3) is 0 Å². The van der Waals surface area contributed by atoms with E-state index in [1.165, 1.54) is 32.4 Å². The van der Waals surface area contributed by atoms with Gasteiger partial charge in [0.05, 0.1) is 19.9 Å². The topological polar surface area (TPSA) is 47.9 Å². The van der Waals surface area contributed by atoms with E-state index in [9.17, 15) is 18.0 Å².